The summed E-state index contributed by atoms with van der Waals surface area (Å²) >= 11 is 0. The Bertz CT molecular complexity index is 488. The Morgan fingerprint density at radius 2 is 1.64 bits per heavy atom. The van der Waals surface area contributed by atoms with Crippen LogP contribution in [0.3, 0.4) is 0 Å². The Morgan fingerprint density at radius 3 is 2.24 bits per heavy atom. The Balaban J connectivity index is 1.68. The lowest BCUT2D eigenvalue weighted by Crippen LogP contribution is -2.47. The van der Waals surface area contributed by atoms with Crippen molar-refractivity contribution < 1.29 is 14.0 Å². The fourth-order valence-corrected chi connectivity index (χ4v) is 3.00. The van der Waals surface area contributed by atoms with E-state index in [4.69, 9.17) is 14.0 Å². The Labute approximate surface area is 154 Å². The normalized spacial score (nSPS) is 18.4. The summed E-state index contributed by atoms with van der Waals surface area (Å²) in [5.41, 5.74) is 1.16. The highest BCUT2D eigenvalue weighted by atomic mass is 16.6. The van der Waals surface area contributed by atoms with Crippen molar-refractivity contribution in [1.82, 2.24) is 0 Å². The van der Waals surface area contributed by atoms with Gasteiger partial charge in [-0.3, -0.25) is 0 Å². The first-order chi connectivity index (χ1) is 11.9. The van der Waals surface area contributed by atoms with Gasteiger partial charge in [0, 0.05) is 18.6 Å². The van der Waals surface area contributed by atoms with Crippen molar-refractivity contribution in [3.63, 3.8) is 0 Å². The molecule has 0 N–H and O–H groups in total. The average molecular weight is 346 g/mol. The summed E-state index contributed by atoms with van der Waals surface area (Å²) in [4.78, 5) is 0. The zero-order valence-electron chi connectivity index (χ0n) is 16.7. The molecular formula is C21H35BO3. The maximum absolute atomic E-state index is 5.90. The molecule has 0 spiro atoms. The van der Waals surface area contributed by atoms with E-state index >= 15 is 0 Å². The van der Waals surface area contributed by atoms with Crippen LogP contribution in [0, 0.1) is 17.3 Å². The van der Waals surface area contributed by atoms with E-state index in [2.05, 4.69) is 34.6 Å². The fraction of sp³-hybridized carbons (Fsp3) is 0.714. The molecular weight excluding hydrogens is 311 g/mol. The van der Waals surface area contributed by atoms with Gasteiger partial charge in [0.2, 0.25) is 0 Å². The molecule has 0 aliphatic carbocycles. The van der Waals surface area contributed by atoms with Crippen LogP contribution in [0.25, 0.3) is 0 Å². The van der Waals surface area contributed by atoms with E-state index in [1.54, 1.807) is 0 Å². The van der Waals surface area contributed by atoms with Gasteiger partial charge in [-0.1, -0.05) is 66.0 Å². The lowest BCUT2D eigenvalue weighted by Gasteiger charge is -2.33. The Morgan fingerprint density at radius 1 is 1.00 bits per heavy atom. The summed E-state index contributed by atoms with van der Waals surface area (Å²) in [6, 6.07) is 8.13. The summed E-state index contributed by atoms with van der Waals surface area (Å²) in [5.74, 6) is 2.46. The molecule has 1 aromatic carbocycles. The van der Waals surface area contributed by atoms with E-state index < -0.39 is 0 Å². The molecule has 0 radical (unpaired) electrons. The third-order valence-electron chi connectivity index (χ3n) is 4.76. The molecule has 0 amide bonds. The van der Waals surface area contributed by atoms with Crippen LogP contribution in [0.4, 0.5) is 0 Å². The van der Waals surface area contributed by atoms with Crippen LogP contribution in [0.1, 0.15) is 60.3 Å². The molecule has 4 heteroatoms. The van der Waals surface area contributed by atoms with Crippen molar-refractivity contribution in [2.75, 3.05) is 19.8 Å². The third-order valence-corrected chi connectivity index (χ3v) is 4.76. The number of ether oxygens (including phenoxy) is 1. The second-order valence-electron chi connectivity index (χ2n) is 8.75. The molecule has 1 aromatic rings. The number of rotatable bonds is 9. The summed E-state index contributed by atoms with van der Waals surface area (Å²) < 4.78 is 17.5. The third kappa shape index (κ3) is 7.41. The predicted octanol–water partition coefficient (Wildman–Crippen LogP) is 4.69. The topological polar surface area (TPSA) is 27.7 Å². The van der Waals surface area contributed by atoms with Crippen molar-refractivity contribution >= 4 is 12.6 Å². The highest BCUT2D eigenvalue weighted by molar-refractivity contribution is 6.61. The van der Waals surface area contributed by atoms with Gasteiger partial charge in [-0.2, -0.15) is 0 Å². The van der Waals surface area contributed by atoms with Crippen molar-refractivity contribution in [3.05, 3.63) is 24.3 Å². The highest BCUT2D eigenvalue weighted by Crippen LogP contribution is 2.22. The number of hydrogen-bond acceptors (Lipinski definition) is 3. The molecule has 0 saturated carbocycles. The van der Waals surface area contributed by atoms with Gasteiger partial charge >= 0.3 is 7.12 Å². The summed E-state index contributed by atoms with van der Waals surface area (Å²) in [7, 11) is -0.247. The maximum atomic E-state index is 5.90. The van der Waals surface area contributed by atoms with Crippen LogP contribution in [0.15, 0.2) is 24.3 Å². The largest absolute Gasteiger partial charge is 0.494 e. The first kappa shape index (κ1) is 20.3. The van der Waals surface area contributed by atoms with Crippen LogP contribution < -0.4 is 10.2 Å². The predicted molar refractivity (Wildman–Crippen MR) is 105 cm³/mol. The molecule has 1 saturated heterocycles. The number of benzene rings is 1. The van der Waals surface area contributed by atoms with Crippen LogP contribution in [-0.2, 0) is 9.31 Å². The summed E-state index contributed by atoms with van der Waals surface area (Å²) in [6.45, 7) is 13.5. The van der Waals surface area contributed by atoms with E-state index in [1.807, 2.05) is 24.3 Å². The molecule has 1 fully saturated rings. The first-order valence-electron chi connectivity index (χ1n) is 9.82. The standard InChI is InChI=1S/C21H35BO3/c1-17(2)7-6-8-18(3)13-14-23-20-11-9-19(10-12-20)22-24-15-21(4,5)16-25-22/h9-12,17-18H,6-8,13-16H2,1-5H3/t18-/m0/s1. The minimum absolute atomic E-state index is 0.103. The minimum Gasteiger partial charge on any atom is -0.494 e. The fourth-order valence-electron chi connectivity index (χ4n) is 3.00. The van der Waals surface area contributed by atoms with Crippen LogP contribution in [0.5, 0.6) is 5.75 Å². The molecule has 0 unspecified atom stereocenters. The van der Waals surface area contributed by atoms with Gasteiger partial charge in [0.15, 0.2) is 0 Å². The van der Waals surface area contributed by atoms with Crippen molar-refractivity contribution in [1.29, 1.82) is 0 Å². The lowest BCUT2D eigenvalue weighted by atomic mass is 9.76. The SMILES string of the molecule is CC(C)CCC[C@H](C)CCOc1ccc(B2OCC(C)(C)CO2)cc1. The van der Waals surface area contributed by atoms with Gasteiger partial charge in [-0.15, -0.1) is 0 Å². The Hall–Kier alpha value is -0.995. The lowest BCUT2D eigenvalue weighted by molar-refractivity contribution is 0.0343. The van der Waals surface area contributed by atoms with E-state index in [0.717, 1.165) is 49.3 Å². The van der Waals surface area contributed by atoms with E-state index in [-0.39, 0.29) is 12.5 Å². The van der Waals surface area contributed by atoms with Crippen LogP contribution >= 0.6 is 0 Å². The average Bonchev–Trinajstić information content (AvgIpc) is 2.55. The van der Waals surface area contributed by atoms with Crippen molar-refractivity contribution in [2.24, 2.45) is 17.3 Å². The minimum atomic E-state index is -0.247. The van der Waals surface area contributed by atoms with Crippen molar-refractivity contribution in [3.8, 4) is 5.75 Å². The molecule has 3 nitrogen and oxygen atoms in total. The first-order valence-corrected chi connectivity index (χ1v) is 9.82. The van der Waals surface area contributed by atoms with Crippen LogP contribution in [-0.4, -0.2) is 26.9 Å². The Kier molecular flexibility index (Phi) is 7.83. The quantitative estimate of drug-likeness (QED) is 0.607. The summed E-state index contributed by atoms with van der Waals surface area (Å²) in [6.07, 6.45) is 5.07. The monoisotopic (exact) mass is 346 g/mol. The molecule has 1 aliphatic heterocycles. The maximum Gasteiger partial charge on any atom is 0.493 e. The van der Waals surface area contributed by atoms with Gasteiger partial charge in [0.1, 0.15) is 5.75 Å². The molecule has 1 heterocycles. The van der Waals surface area contributed by atoms with Crippen molar-refractivity contribution in [2.45, 2.75) is 60.3 Å². The van der Waals surface area contributed by atoms with Gasteiger partial charge in [-0.05, 0) is 35.9 Å². The second-order valence-corrected chi connectivity index (χ2v) is 8.75. The van der Waals surface area contributed by atoms with E-state index in [1.165, 1.54) is 19.3 Å². The molecule has 0 bridgehead atoms. The highest BCUT2D eigenvalue weighted by Gasteiger charge is 2.33. The zero-order valence-corrected chi connectivity index (χ0v) is 16.7. The van der Waals surface area contributed by atoms with Crippen LogP contribution in [0.2, 0.25) is 0 Å². The van der Waals surface area contributed by atoms with Gasteiger partial charge < -0.3 is 14.0 Å². The smallest absolute Gasteiger partial charge is 0.493 e. The molecule has 1 aliphatic rings. The zero-order chi connectivity index (χ0) is 18.3. The second kappa shape index (κ2) is 9.63. The molecule has 2 rings (SSSR count). The van der Waals surface area contributed by atoms with Gasteiger partial charge in [0.25, 0.3) is 0 Å². The van der Waals surface area contributed by atoms with E-state index in [0.29, 0.717) is 0 Å². The molecule has 0 aromatic heterocycles. The van der Waals surface area contributed by atoms with Gasteiger partial charge in [-0.25, -0.2) is 0 Å². The number of hydrogen-bond donors (Lipinski definition) is 0. The molecule has 25 heavy (non-hydrogen) atoms. The molecule has 1 atom stereocenters. The van der Waals surface area contributed by atoms with E-state index in [9.17, 15) is 0 Å². The summed E-state index contributed by atoms with van der Waals surface area (Å²) in [5, 5.41) is 0. The van der Waals surface area contributed by atoms with Gasteiger partial charge in [0.05, 0.1) is 6.61 Å². The molecule has 140 valence electrons.